The largest absolute Gasteiger partial charge is 0.322 e. The van der Waals surface area contributed by atoms with Crippen molar-refractivity contribution in [3.63, 3.8) is 0 Å². The fourth-order valence-electron chi connectivity index (χ4n) is 2.49. The number of nitriles is 1. The molecule has 0 saturated heterocycles. The molecule has 1 atom stereocenters. The highest BCUT2D eigenvalue weighted by Gasteiger charge is 2.15. The fourth-order valence-corrected chi connectivity index (χ4v) is 3.84. The van der Waals surface area contributed by atoms with Crippen LogP contribution in [0.2, 0.25) is 5.02 Å². The Hall–Kier alpha value is -2.94. The van der Waals surface area contributed by atoms with Crippen molar-refractivity contribution in [3.8, 4) is 6.07 Å². The molecular formula is C21H15ClN2O2S. The van der Waals surface area contributed by atoms with E-state index >= 15 is 0 Å². The number of nitrogens with one attached hydrogen (secondary N) is 1. The molecule has 3 aromatic carbocycles. The molecule has 0 aliphatic carbocycles. The standard InChI is InChI=1S/C21H15ClN2O2S/c1-14-6-9-17(10-7-14)27(26)20-11-8-16(12-15(20)13-23)24-21(25)18-4-2-3-5-19(18)22/h2-12H,1H3,(H,24,25)/t27-/m0/s1. The first-order valence-corrected chi connectivity index (χ1v) is 9.61. The minimum Gasteiger partial charge on any atom is -0.322 e. The summed E-state index contributed by atoms with van der Waals surface area (Å²) in [6.07, 6.45) is 0. The zero-order valence-electron chi connectivity index (χ0n) is 14.4. The van der Waals surface area contributed by atoms with Crippen molar-refractivity contribution in [2.45, 2.75) is 16.7 Å². The second-order valence-electron chi connectivity index (χ2n) is 5.84. The molecular weight excluding hydrogens is 380 g/mol. The Balaban J connectivity index is 1.87. The topological polar surface area (TPSA) is 70.0 Å². The fraction of sp³-hybridized carbons (Fsp3) is 0.0476. The van der Waals surface area contributed by atoms with E-state index in [1.54, 1.807) is 48.5 Å². The molecule has 0 aliphatic heterocycles. The van der Waals surface area contributed by atoms with Crippen molar-refractivity contribution in [1.29, 1.82) is 5.26 Å². The Morgan fingerprint density at radius 3 is 2.44 bits per heavy atom. The molecule has 0 saturated carbocycles. The molecule has 0 bridgehead atoms. The molecule has 0 heterocycles. The zero-order chi connectivity index (χ0) is 19.4. The predicted molar refractivity (Wildman–Crippen MR) is 106 cm³/mol. The Morgan fingerprint density at radius 1 is 1.07 bits per heavy atom. The van der Waals surface area contributed by atoms with Crippen LogP contribution >= 0.6 is 11.6 Å². The van der Waals surface area contributed by atoms with Gasteiger partial charge in [-0.15, -0.1) is 0 Å². The average Bonchev–Trinajstić information content (AvgIpc) is 2.68. The molecule has 1 amide bonds. The summed E-state index contributed by atoms with van der Waals surface area (Å²) in [6.45, 7) is 1.95. The first kappa shape index (κ1) is 18.8. The maximum Gasteiger partial charge on any atom is 0.257 e. The van der Waals surface area contributed by atoms with Crippen molar-refractivity contribution in [3.05, 3.63) is 88.4 Å². The molecule has 0 radical (unpaired) electrons. The van der Waals surface area contributed by atoms with Crippen LogP contribution < -0.4 is 5.32 Å². The van der Waals surface area contributed by atoms with Gasteiger partial charge < -0.3 is 5.32 Å². The summed E-state index contributed by atoms with van der Waals surface area (Å²) in [5, 5.41) is 12.5. The lowest BCUT2D eigenvalue weighted by atomic mass is 10.2. The van der Waals surface area contributed by atoms with E-state index in [1.807, 2.05) is 19.1 Å². The number of carbonyl (C=O) groups is 1. The first-order chi connectivity index (χ1) is 13.0. The van der Waals surface area contributed by atoms with Gasteiger partial charge in [0.15, 0.2) is 0 Å². The third-order valence-electron chi connectivity index (χ3n) is 3.91. The molecule has 3 rings (SSSR count). The molecule has 27 heavy (non-hydrogen) atoms. The number of halogens is 1. The normalized spacial score (nSPS) is 11.4. The molecule has 3 aromatic rings. The van der Waals surface area contributed by atoms with Crippen LogP contribution in [0.1, 0.15) is 21.5 Å². The molecule has 134 valence electrons. The predicted octanol–water partition coefficient (Wildman–Crippen LogP) is 4.94. The van der Waals surface area contributed by atoms with E-state index < -0.39 is 10.8 Å². The van der Waals surface area contributed by atoms with E-state index in [1.165, 1.54) is 6.07 Å². The number of hydrogen-bond donors (Lipinski definition) is 1. The monoisotopic (exact) mass is 394 g/mol. The number of aryl methyl sites for hydroxylation is 1. The van der Waals surface area contributed by atoms with Crippen molar-refractivity contribution in [1.82, 2.24) is 0 Å². The number of benzene rings is 3. The lowest BCUT2D eigenvalue weighted by Crippen LogP contribution is -2.12. The summed E-state index contributed by atoms with van der Waals surface area (Å²) < 4.78 is 12.8. The van der Waals surface area contributed by atoms with Crippen molar-refractivity contribution < 1.29 is 9.00 Å². The third-order valence-corrected chi connectivity index (χ3v) is 5.70. The highest BCUT2D eigenvalue weighted by molar-refractivity contribution is 7.85. The second-order valence-corrected chi connectivity index (χ2v) is 7.69. The van der Waals surface area contributed by atoms with Crippen molar-refractivity contribution >= 4 is 34.0 Å². The summed E-state index contributed by atoms with van der Waals surface area (Å²) in [7, 11) is -1.48. The van der Waals surface area contributed by atoms with Crippen LogP contribution in [0.3, 0.4) is 0 Å². The minimum absolute atomic E-state index is 0.242. The first-order valence-electron chi connectivity index (χ1n) is 8.08. The van der Waals surface area contributed by atoms with E-state index in [9.17, 15) is 14.3 Å². The maximum atomic E-state index is 12.8. The van der Waals surface area contributed by atoms with Crippen LogP contribution in [0.5, 0.6) is 0 Å². The summed E-state index contributed by atoms with van der Waals surface area (Å²) in [4.78, 5) is 13.4. The van der Waals surface area contributed by atoms with Gasteiger partial charge in [-0.05, 0) is 49.4 Å². The van der Waals surface area contributed by atoms with Gasteiger partial charge in [-0.1, -0.05) is 41.4 Å². The van der Waals surface area contributed by atoms with Crippen molar-refractivity contribution in [2.24, 2.45) is 0 Å². The zero-order valence-corrected chi connectivity index (χ0v) is 16.0. The Bertz CT molecular complexity index is 1070. The summed E-state index contributed by atoms with van der Waals surface area (Å²) in [5.41, 5.74) is 2.07. The van der Waals surface area contributed by atoms with Crippen LogP contribution in [-0.2, 0) is 10.8 Å². The Kier molecular flexibility index (Phi) is 5.70. The van der Waals surface area contributed by atoms with E-state index in [-0.39, 0.29) is 11.5 Å². The molecule has 4 nitrogen and oxygen atoms in total. The van der Waals surface area contributed by atoms with E-state index in [0.29, 0.717) is 26.1 Å². The third kappa shape index (κ3) is 4.25. The smallest absolute Gasteiger partial charge is 0.257 e. The number of nitrogens with zero attached hydrogens (tertiary/aromatic N) is 1. The summed E-state index contributed by atoms with van der Waals surface area (Å²) in [5.74, 6) is -0.378. The van der Waals surface area contributed by atoms with Gasteiger partial charge in [-0.2, -0.15) is 5.26 Å². The number of hydrogen-bond acceptors (Lipinski definition) is 3. The highest BCUT2D eigenvalue weighted by Crippen LogP contribution is 2.24. The van der Waals surface area contributed by atoms with Gasteiger partial charge in [0.05, 0.1) is 31.8 Å². The van der Waals surface area contributed by atoms with Crippen molar-refractivity contribution in [2.75, 3.05) is 5.32 Å². The number of carbonyl (C=O) groups excluding carboxylic acids is 1. The molecule has 0 aromatic heterocycles. The number of rotatable bonds is 4. The van der Waals surface area contributed by atoms with Crippen LogP contribution in [0.25, 0.3) is 0 Å². The van der Waals surface area contributed by atoms with Crippen LogP contribution in [0.15, 0.2) is 76.5 Å². The Morgan fingerprint density at radius 2 is 1.78 bits per heavy atom. The Labute approximate surface area is 164 Å². The minimum atomic E-state index is -1.48. The molecule has 0 fully saturated rings. The van der Waals surface area contributed by atoms with Gasteiger partial charge in [0.1, 0.15) is 6.07 Å². The molecule has 0 unspecified atom stereocenters. The lowest BCUT2D eigenvalue weighted by molar-refractivity contribution is 0.102. The maximum absolute atomic E-state index is 12.8. The van der Waals surface area contributed by atoms with E-state index in [2.05, 4.69) is 11.4 Å². The average molecular weight is 395 g/mol. The van der Waals surface area contributed by atoms with Crippen LogP contribution in [0, 0.1) is 18.3 Å². The number of amides is 1. The summed E-state index contributed by atoms with van der Waals surface area (Å²) in [6, 6.07) is 20.8. The molecule has 1 N–H and O–H groups in total. The molecule has 6 heteroatoms. The van der Waals surface area contributed by atoms with Gasteiger partial charge in [-0.3, -0.25) is 4.79 Å². The van der Waals surface area contributed by atoms with Crippen LogP contribution in [-0.4, -0.2) is 10.1 Å². The quantitative estimate of drug-likeness (QED) is 0.681. The SMILES string of the molecule is Cc1ccc([S@](=O)c2ccc(NC(=O)c3ccccc3Cl)cc2C#N)cc1. The van der Waals surface area contributed by atoms with E-state index in [0.717, 1.165) is 5.56 Å². The van der Waals surface area contributed by atoms with Gasteiger partial charge in [-0.25, -0.2) is 4.21 Å². The molecule has 0 aliphatic rings. The van der Waals surface area contributed by atoms with Gasteiger partial charge >= 0.3 is 0 Å². The molecule has 0 spiro atoms. The van der Waals surface area contributed by atoms with Gasteiger partial charge in [0.25, 0.3) is 5.91 Å². The highest BCUT2D eigenvalue weighted by atomic mass is 35.5. The van der Waals surface area contributed by atoms with Gasteiger partial charge in [0.2, 0.25) is 0 Å². The number of anilines is 1. The van der Waals surface area contributed by atoms with Crippen LogP contribution in [0.4, 0.5) is 5.69 Å². The lowest BCUT2D eigenvalue weighted by Gasteiger charge is -2.10. The second kappa shape index (κ2) is 8.17. The van der Waals surface area contributed by atoms with E-state index in [4.69, 9.17) is 11.6 Å². The summed E-state index contributed by atoms with van der Waals surface area (Å²) >= 11 is 6.04. The van der Waals surface area contributed by atoms with Gasteiger partial charge in [0, 0.05) is 10.6 Å².